The summed E-state index contributed by atoms with van der Waals surface area (Å²) >= 11 is 0. The van der Waals surface area contributed by atoms with Gasteiger partial charge in [-0.3, -0.25) is 4.79 Å². The number of aryl methyl sites for hydroxylation is 2. The lowest BCUT2D eigenvalue weighted by Gasteiger charge is -2.40. The number of amides is 1. The van der Waals surface area contributed by atoms with Crippen molar-refractivity contribution in [3.8, 4) is 0 Å². The summed E-state index contributed by atoms with van der Waals surface area (Å²) in [5, 5.41) is 3.64. The predicted octanol–water partition coefficient (Wildman–Crippen LogP) is 6.03. The fraction of sp³-hybridized carbons (Fsp3) is 0.240. The Morgan fingerprint density at radius 2 is 1.62 bits per heavy atom. The lowest BCUT2D eigenvalue weighted by atomic mass is 9.89. The number of fused-ring (bicyclic) bond motifs is 1. The third-order valence-corrected chi connectivity index (χ3v) is 5.54. The van der Waals surface area contributed by atoms with Gasteiger partial charge in [0.2, 0.25) is 0 Å². The SMILES string of the molecule is Cc1ccc(NC2CC(C)N(C(=O)c3ccc(F)cc3)c3ccc(C)cc32)cc1. The number of carbonyl (C=O) groups excluding carboxylic acids is 1. The molecule has 3 nitrogen and oxygen atoms in total. The van der Waals surface area contributed by atoms with Crippen LogP contribution in [0.3, 0.4) is 0 Å². The highest BCUT2D eigenvalue weighted by Crippen LogP contribution is 2.40. The molecule has 0 saturated heterocycles. The Balaban J connectivity index is 1.70. The van der Waals surface area contributed by atoms with Gasteiger partial charge in [0.1, 0.15) is 5.82 Å². The molecule has 1 N–H and O–H groups in total. The molecule has 0 aliphatic carbocycles. The van der Waals surface area contributed by atoms with Crippen molar-refractivity contribution in [1.29, 1.82) is 0 Å². The normalized spacial score (nSPS) is 18.3. The Labute approximate surface area is 171 Å². The van der Waals surface area contributed by atoms with Crippen LogP contribution >= 0.6 is 0 Å². The van der Waals surface area contributed by atoms with E-state index >= 15 is 0 Å². The molecule has 2 unspecified atom stereocenters. The van der Waals surface area contributed by atoms with Crippen molar-refractivity contribution in [2.75, 3.05) is 10.2 Å². The number of hydrogen-bond acceptors (Lipinski definition) is 2. The van der Waals surface area contributed by atoms with E-state index in [9.17, 15) is 9.18 Å². The lowest BCUT2D eigenvalue weighted by molar-refractivity contribution is 0.0974. The van der Waals surface area contributed by atoms with Crippen molar-refractivity contribution in [3.63, 3.8) is 0 Å². The first-order chi connectivity index (χ1) is 13.9. The van der Waals surface area contributed by atoms with Crippen molar-refractivity contribution in [1.82, 2.24) is 0 Å². The van der Waals surface area contributed by atoms with Gasteiger partial charge < -0.3 is 10.2 Å². The molecule has 2 atom stereocenters. The van der Waals surface area contributed by atoms with Gasteiger partial charge in [-0.25, -0.2) is 4.39 Å². The first-order valence-electron chi connectivity index (χ1n) is 9.95. The van der Waals surface area contributed by atoms with Crippen LogP contribution in [-0.4, -0.2) is 11.9 Å². The third-order valence-electron chi connectivity index (χ3n) is 5.54. The summed E-state index contributed by atoms with van der Waals surface area (Å²) < 4.78 is 13.3. The molecule has 1 aliphatic rings. The van der Waals surface area contributed by atoms with Gasteiger partial charge in [0.15, 0.2) is 0 Å². The minimum atomic E-state index is -0.341. The molecule has 0 radical (unpaired) electrons. The van der Waals surface area contributed by atoms with Gasteiger partial charge in [0.25, 0.3) is 5.91 Å². The van der Waals surface area contributed by atoms with E-state index in [1.807, 2.05) is 17.0 Å². The summed E-state index contributed by atoms with van der Waals surface area (Å²) in [6, 6.07) is 20.5. The highest BCUT2D eigenvalue weighted by atomic mass is 19.1. The van der Waals surface area contributed by atoms with E-state index in [2.05, 4.69) is 56.4 Å². The van der Waals surface area contributed by atoms with E-state index in [1.165, 1.54) is 17.7 Å². The molecule has 1 heterocycles. The lowest BCUT2D eigenvalue weighted by Crippen LogP contribution is -2.44. The number of rotatable bonds is 3. The summed E-state index contributed by atoms with van der Waals surface area (Å²) in [7, 11) is 0. The molecule has 148 valence electrons. The van der Waals surface area contributed by atoms with Crippen LogP contribution in [0, 0.1) is 19.7 Å². The molecular weight excluding hydrogens is 363 g/mol. The van der Waals surface area contributed by atoms with Crippen molar-refractivity contribution >= 4 is 17.3 Å². The fourth-order valence-electron chi connectivity index (χ4n) is 4.01. The third kappa shape index (κ3) is 3.88. The second kappa shape index (κ2) is 7.70. The Bertz CT molecular complexity index is 1030. The Morgan fingerprint density at radius 3 is 2.31 bits per heavy atom. The van der Waals surface area contributed by atoms with Crippen LogP contribution in [0.5, 0.6) is 0 Å². The van der Waals surface area contributed by atoms with E-state index in [1.54, 1.807) is 12.1 Å². The van der Waals surface area contributed by atoms with Crippen LogP contribution in [0.2, 0.25) is 0 Å². The van der Waals surface area contributed by atoms with Gasteiger partial charge in [0, 0.05) is 23.0 Å². The zero-order valence-electron chi connectivity index (χ0n) is 16.9. The van der Waals surface area contributed by atoms with E-state index in [0.29, 0.717) is 5.56 Å². The van der Waals surface area contributed by atoms with Crippen LogP contribution in [0.15, 0.2) is 66.7 Å². The van der Waals surface area contributed by atoms with E-state index in [-0.39, 0.29) is 23.8 Å². The van der Waals surface area contributed by atoms with E-state index in [4.69, 9.17) is 0 Å². The van der Waals surface area contributed by atoms with Crippen LogP contribution < -0.4 is 10.2 Å². The molecule has 29 heavy (non-hydrogen) atoms. The quantitative estimate of drug-likeness (QED) is 0.594. The number of benzene rings is 3. The first kappa shape index (κ1) is 19.2. The average molecular weight is 388 g/mol. The zero-order chi connectivity index (χ0) is 20.5. The van der Waals surface area contributed by atoms with Crippen LogP contribution in [0.4, 0.5) is 15.8 Å². The molecule has 0 saturated carbocycles. The molecule has 4 heteroatoms. The predicted molar refractivity (Wildman–Crippen MR) is 116 cm³/mol. The molecular formula is C25H25FN2O. The molecule has 3 aromatic carbocycles. The summed E-state index contributed by atoms with van der Waals surface area (Å²) in [6.07, 6.45) is 0.789. The average Bonchev–Trinajstić information content (AvgIpc) is 2.70. The van der Waals surface area contributed by atoms with Crippen LogP contribution in [0.1, 0.15) is 46.4 Å². The second-order valence-corrected chi connectivity index (χ2v) is 7.89. The monoisotopic (exact) mass is 388 g/mol. The Morgan fingerprint density at radius 1 is 0.966 bits per heavy atom. The van der Waals surface area contributed by atoms with Crippen LogP contribution in [-0.2, 0) is 0 Å². The summed E-state index contributed by atoms with van der Waals surface area (Å²) in [5.41, 5.74) is 5.96. The molecule has 0 fully saturated rings. The van der Waals surface area contributed by atoms with Gasteiger partial charge in [-0.05, 0) is 75.2 Å². The van der Waals surface area contributed by atoms with Crippen molar-refractivity contribution in [2.24, 2.45) is 0 Å². The van der Waals surface area contributed by atoms with Crippen molar-refractivity contribution in [2.45, 2.75) is 39.3 Å². The largest absolute Gasteiger partial charge is 0.378 e. The van der Waals surface area contributed by atoms with Gasteiger partial charge in [-0.2, -0.15) is 0 Å². The summed E-state index contributed by atoms with van der Waals surface area (Å²) in [6.45, 7) is 6.20. The number of hydrogen-bond donors (Lipinski definition) is 1. The van der Waals surface area contributed by atoms with Crippen molar-refractivity contribution < 1.29 is 9.18 Å². The van der Waals surface area contributed by atoms with Gasteiger partial charge in [-0.1, -0.05) is 35.4 Å². The fourth-order valence-corrected chi connectivity index (χ4v) is 4.01. The maximum atomic E-state index is 13.3. The highest BCUT2D eigenvalue weighted by molar-refractivity contribution is 6.07. The first-order valence-corrected chi connectivity index (χ1v) is 9.95. The maximum Gasteiger partial charge on any atom is 0.258 e. The topological polar surface area (TPSA) is 32.3 Å². The number of nitrogens with one attached hydrogen (secondary N) is 1. The minimum Gasteiger partial charge on any atom is -0.378 e. The van der Waals surface area contributed by atoms with Gasteiger partial charge in [-0.15, -0.1) is 0 Å². The molecule has 0 aromatic heterocycles. The molecule has 4 rings (SSSR count). The summed E-state index contributed by atoms with van der Waals surface area (Å²) in [4.78, 5) is 15.1. The minimum absolute atomic E-state index is 0.00528. The standard InChI is InChI=1S/C25H25FN2O/c1-16-4-11-21(12-5-16)27-23-15-18(3)28(24-13-6-17(2)14-22(23)24)25(29)19-7-9-20(26)10-8-19/h4-14,18,23,27H,15H2,1-3H3. The smallest absolute Gasteiger partial charge is 0.258 e. The molecule has 1 aliphatic heterocycles. The molecule has 0 spiro atoms. The van der Waals surface area contributed by atoms with Gasteiger partial charge in [0.05, 0.1) is 6.04 Å². The second-order valence-electron chi connectivity index (χ2n) is 7.89. The molecule has 3 aromatic rings. The molecule has 1 amide bonds. The highest BCUT2D eigenvalue weighted by Gasteiger charge is 2.34. The maximum absolute atomic E-state index is 13.3. The summed E-state index contributed by atoms with van der Waals surface area (Å²) in [5.74, 6) is -0.442. The van der Waals surface area contributed by atoms with E-state index in [0.717, 1.165) is 28.9 Å². The van der Waals surface area contributed by atoms with Crippen molar-refractivity contribution in [3.05, 3.63) is 94.8 Å². The Kier molecular flexibility index (Phi) is 5.10. The Hall–Kier alpha value is -3.14. The number of nitrogens with zero attached hydrogens (tertiary/aromatic N) is 1. The number of anilines is 2. The zero-order valence-corrected chi connectivity index (χ0v) is 16.9. The number of carbonyl (C=O) groups is 1. The molecule has 0 bridgehead atoms. The van der Waals surface area contributed by atoms with Gasteiger partial charge >= 0.3 is 0 Å². The van der Waals surface area contributed by atoms with Crippen LogP contribution in [0.25, 0.3) is 0 Å². The van der Waals surface area contributed by atoms with E-state index < -0.39 is 0 Å². The number of halogens is 1.